The lowest BCUT2D eigenvalue weighted by atomic mass is 10.2. The van der Waals surface area contributed by atoms with E-state index in [0.29, 0.717) is 6.42 Å². The predicted octanol–water partition coefficient (Wildman–Crippen LogP) is 0.354. The van der Waals surface area contributed by atoms with Crippen LogP contribution in [-0.4, -0.2) is 20.4 Å². The SMILES string of the molecule is NC(=O)Cn1ccnc1Cc1cccnc1. The van der Waals surface area contributed by atoms with E-state index in [9.17, 15) is 4.79 Å². The molecule has 0 aliphatic carbocycles. The largest absolute Gasteiger partial charge is 0.368 e. The van der Waals surface area contributed by atoms with Crippen LogP contribution in [0.3, 0.4) is 0 Å². The number of aromatic nitrogens is 3. The van der Waals surface area contributed by atoms with E-state index in [1.165, 1.54) is 0 Å². The van der Waals surface area contributed by atoms with Crippen molar-refractivity contribution < 1.29 is 4.79 Å². The number of pyridine rings is 1. The van der Waals surface area contributed by atoms with Crippen molar-refractivity contribution in [3.05, 3.63) is 48.3 Å². The molecule has 0 fully saturated rings. The molecule has 2 aromatic heterocycles. The molecule has 5 heteroatoms. The molecule has 82 valence electrons. The Kier molecular flexibility index (Phi) is 2.95. The van der Waals surface area contributed by atoms with Gasteiger partial charge in [0, 0.05) is 31.2 Å². The van der Waals surface area contributed by atoms with Gasteiger partial charge in [-0.2, -0.15) is 0 Å². The van der Waals surface area contributed by atoms with Crippen LogP contribution in [0.1, 0.15) is 11.4 Å². The molecule has 0 atom stereocenters. The van der Waals surface area contributed by atoms with Gasteiger partial charge in [-0.3, -0.25) is 9.78 Å². The fourth-order valence-corrected chi connectivity index (χ4v) is 1.50. The van der Waals surface area contributed by atoms with E-state index in [2.05, 4.69) is 9.97 Å². The number of carbonyl (C=O) groups excluding carboxylic acids is 1. The van der Waals surface area contributed by atoms with Gasteiger partial charge in [-0.05, 0) is 11.6 Å². The van der Waals surface area contributed by atoms with E-state index in [-0.39, 0.29) is 12.5 Å². The molecule has 2 heterocycles. The molecule has 0 aliphatic heterocycles. The first-order chi connectivity index (χ1) is 7.75. The minimum Gasteiger partial charge on any atom is -0.368 e. The van der Waals surface area contributed by atoms with Crippen molar-refractivity contribution in [1.29, 1.82) is 0 Å². The predicted molar refractivity (Wildman–Crippen MR) is 58.5 cm³/mol. The summed E-state index contributed by atoms with van der Waals surface area (Å²) in [6.07, 6.45) is 7.56. The average molecular weight is 216 g/mol. The summed E-state index contributed by atoms with van der Waals surface area (Å²) < 4.78 is 1.75. The summed E-state index contributed by atoms with van der Waals surface area (Å²) in [5.41, 5.74) is 6.20. The van der Waals surface area contributed by atoms with E-state index >= 15 is 0 Å². The van der Waals surface area contributed by atoms with Crippen LogP contribution in [0.25, 0.3) is 0 Å². The van der Waals surface area contributed by atoms with Gasteiger partial charge < -0.3 is 10.3 Å². The Morgan fingerprint density at radius 1 is 1.44 bits per heavy atom. The normalized spacial score (nSPS) is 10.2. The second-order valence-corrected chi connectivity index (χ2v) is 3.48. The molecular formula is C11H12N4O. The van der Waals surface area contributed by atoms with Gasteiger partial charge in [0.1, 0.15) is 12.4 Å². The van der Waals surface area contributed by atoms with Crippen molar-refractivity contribution in [3.8, 4) is 0 Å². The van der Waals surface area contributed by atoms with Crippen molar-refractivity contribution in [2.45, 2.75) is 13.0 Å². The molecule has 0 spiro atoms. The number of imidazole rings is 1. The highest BCUT2D eigenvalue weighted by molar-refractivity contribution is 5.73. The van der Waals surface area contributed by atoms with Gasteiger partial charge in [0.25, 0.3) is 0 Å². The maximum Gasteiger partial charge on any atom is 0.237 e. The summed E-state index contributed by atoms with van der Waals surface area (Å²) in [6, 6.07) is 3.84. The van der Waals surface area contributed by atoms with E-state index in [1.807, 2.05) is 12.1 Å². The third kappa shape index (κ3) is 2.44. The van der Waals surface area contributed by atoms with Gasteiger partial charge in [-0.1, -0.05) is 6.07 Å². The number of carbonyl (C=O) groups is 1. The molecule has 0 unspecified atom stereocenters. The summed E-state index contributed by atoms with van der Waals surface area (Å²) in [6.45, 7) is 0.162. The zero-order valence-corrected chi connectivity index (χ0v) is 8.71. The quantitative estimate of drug-likeness (QED) is 0.801. The summed E-state index contributed by atoms with van der Waals surface area (Å²) in [4.78, 5) is 19.1. The first kappa shape index (κ1) is 10.4. The van der Waals surface area contributed by atoms with Crippen LogP contribution in [0.2, 0.25) is 0 Å². The van der Waals surface area contributed by atoms with Crippen molar-refractivity contribution in [3.63, 3.8) is 0 Å². The van der Waals surface area contributed by atoms with Crippen LogP contribution < -0.4 is 5.73 Å². The van der Waals surface area contributed by atoms with Crippen LogP contribution in [0.5, 0.6) is 0 Å². The Morgan fingerprint density at radius 3 is 3.00 bits per heavy atom. The number of hydrogen-bond donors (Lipinski definition) is 1. The number of primary amides is 1. The highest BCUT2D eigenvalue weighted by Crippen LogP contribution is 2.06. The molecule has 0 saturated carbocycles. The first-order valence-electron chi connectivity index (χ1n) is 4.93. The van der Waals surface area contributed by atoms with Crippen LogP contribution in [0.15, 0.2) is 36.9 Å². The summed E-state index contributed by atoms with van der Waals surface area (Å²) in [7, 11) is 0. The molecule has 1 amide bonds. The Balaban J connectivity index is 2.16. The van der Waals surface area contributed by atoms with Crippen molar-refractivity contribution in [1.82, 2.24) is 14.5 Å². The number of hydrogen-bond acceptors (Lipinski definition) is 3. The Bertz CT molecular complexity index is 478. The van der Waals surface area contributed by atoms with E-state index in [4.69, 9.17) is 5.73 Å². The second-order valence-electron chi connectivity index (χ2n) is 3.48. The molecule has 5 nitrogen and oxygen atoms in total. The minimum absolute atomic E-state index is 0.162. The van der Waals surface area contributed by atoms with Crippen molar-refractivity contribution in [2.75, 3.05) is 0 Å². The monoisotopic (exact) mass is 216 g/mol. The van der Waals surface area contributed by atoms with Crippen LogP contribution in [-0.2, 0) is 17.8 Å². The average Bonchev–Trinajstić information content (AvgIpc) is 2.66. The standard InChI is InChI=1S/C11H12N4O/c12-10(16)8-15-5-4-14-11(15)6-9-2-1-3-13-7-9/h1-5,7H,6,8H2,(H2,12,16). The zero-order valence-electron chi connectivity index (χ0n) is 8.71. The number of amides is 1. The highest BCUT2D eigenvalue weighted by atomic mass is 16.1. The molecule has 2 rings (SSSR count). The zero-order chi connectivity index (χ0) is 11.4. The molecule has 0 aromatic carbocycles. The smallest absolute Gasteiger partial charge is 0.237 e. The number of nitrogens with zero attached hydrogens (tertiary/aromatic N) is 3. The number of rotatable bonds is 4. The van der Waals surface area contributed by atoms with Crippen molar-refractivity contribution >= 4 is 5.91 Å². The van der Waals surface area contributed by atoms with Gasteiger partial charge in [0.15, 0.2) is 0 Å². The van der Waals surface area contributed by atoms with Gasteiger partial charge in [0.2, 0.25) is 5.91 Å². The Hall–Kier alpha value is -2.17. The van der Waals surface area contributed by atoms with E-state index in [0.717, 1.165) is 11.4 Å². The lowest BCUT2D eigenvalue weighted by Gasteiger charge is -2.04. The van der Waals surface area contributed by atoms with E-state index in [1.54, 1.807) is 29.4 Å². The molecule has 0 bridgehead atoms. The molecule has 2 N–H and O–H groups in total. The molecule has 0 saturated heterocycles. The third-order valence-corrected chi connectivity index (χ3v) is 2.21. The van der Waals surface area contributed by atoms with Gasteiger partial charge in [-0.15, -0.1) is 0 Å². The lowest BCUT2D eigenvalue weighted by Crippen LogP contribution is -2.19. The van der Waals surface area contributed by atoms with Crippen LogP contribution in [0, 0.1) is 0 Å². The van der Waals surface area contributed by atoms with Gasteiger partial charge in [-0.25, -0.2) is 4.98 Å². The lowest BCUT2D eigenvalue weighted by molar-refractivity contribution is -0.118. The van der Waals surface area contributed by atoms with Gasteiger partial charge in [0.05, 0.1) is 0 Å². The fraction of sp³-hybridized carbons (Fsp3) is 0.182. The summed E-state index contributed by atoms with van der Waals surface area (Å²) in [5.74, 6) is 0.442. The number of nitrogens with two attached hydrogens (primary N) is 1. The Labute approximate surface area is 92.9 Å². The molecule has 0 aliphatic rings. The minimum atomic E-state index is -0.370. The highest BCUT2D eigenvalue weighted by Gasteiger charge is 2.05. The summed E-state index contributed by atoms with van der Waals surface area (Å²) in [5, 5.41) is 0. The fourth-order valence-electron chi connectivity index (χ4n) is 1.50. The maximum atomic E-state index is 10.8. The maximum absolute atomic E-state index is 10.8. The Morgan fingerprint density at radius 2 is 2.31 bits per heavy atom. The second kappa shape index (κ2) is 4.57. The van der Waals surface area contributed by atoms with E-state index < -0.39 is 0 Å². The topological polar surface area (TPSA) is 73.8 Å². The molecule has 2 aromatic rings. The van der Waals surface area contributed by atoms with Gasteiger partial charge >= 0.3 is 0 Å². The first-order valence-corrected chi connectivity index (χ1v) is 4.93. The van der Waals surface area contributed by atoms with Crippen molar-refractivity contribution in [2.24, 2.45) is 5.73 Å². The molecule has 16 heavy (non-hydrogen) atoms. The van der Waals surface area contributed by atoms with Crippen LogP contribution >= 0.6 is 0 Å². The third-order valence-electron chi connectivity index (χ3n) is 2.21. The molecule has 0 radical (unpaired) electrons. The summed E-state index contributed by atoms with van der Waals surface area (Å²) >= 11 is 0. The van der Waals surface area contributed by atoms with Crippen LogP contribution in [0.4, 0.5) is 0 Å². The molecular weight excluding hydrogens is 204 g/mol.